The van der Waals surface area contributed by atoms with Crippen molar-refractivity contribution in [3.05, 3.63) is 65.5 Å². The van der Waals surface area contributed by atoms with Crippen LogP contribution < -0.4 is 10.1 Å². The van der Waals surface area contributed by atoms with E-state index in [4.69, 9.17) is 4.74 Å². The number of Topliss-reactive ketones (excluding diaryl/α,β-unsaturated/α-hetero) is 1. The van der Waals surface area contributed by atoms with Gasteiger partial charge in [-0.05, 0) is 54.8 Å². The Bertz CT molecular complexity index is 696. The molecule has 2 rings (SSSR count). The van der Waals surface area contributed by atoms with Crippen LogP contribution >= 0.6 is 0 Å². The van der Waals surface area contributed by atoms with Crippen LogP contribution in [0.1, 0.15) is 35.2 Å². The van der Waals surface area contributed by atoms with Gasteiger partial charge in [0, 0.05) is 24.9 Å². The van der Waals surface area contributed by atoms with Crippen molar-refractivity contribution in [2.45, 2.75) is 25.7 Å². The Hall–Kier alpha value is -2.69. The molecule has 0 radical (unpaired) electrons. The highest BCUT2D eigenvalue weighted by Crippen LogP contribution is 2.12. The van der Waals surface area contributed by atoms with Gasteiger partial charge in [0.15, 0.2) is 5.78 Å². The number of hydrogen-bond donors (Lipinski definition) is 1. The zero-order valence-corrected chi connectivity index (χ0v) is 14.3. The van der Waals surface area contributed by atoms with E-state index in [1.807, 2.05) is 24.3 Å². The number of carbonyl (C=O) groups excluding carboxylic acids is 2. The topological polar surface area (TPSA) is 55.4 Å². The minimum atomic E-state index is -0.383. The number of carbonyl (C=O) groups is 2. The number of halogens is 1. The van der Waals surface area contributed by atoms with Gasteiger partial charge in [0.2, 0.25) is 5.91 Å². The second-order valence-electron chi connectivity index (χ2n) is 5.73. The van der Waals surface area contributed by atoms with Crippen molar-refractivity contribution >= 4 is 11.7 Å². The number of methoxy groups -OCH3 is 1. The van der Waals surface area contributed by atoms with Crippen LogP contribution in [0, 0.1) is 5.82 Å². The lowest BCUT2D eigenvalue weighted by molar-refractivity contribution is -0.121. The Labute approximate surface area is 147 Å². The van der Waals surface area contributed by atoms with Crippen molar-refractivity contribution in [3.63, 3.8) is 0 Å². The molecule has 0 aromatic heterocycles. The molecular formula is C20H22FNO3. The maximum Gasteiger partial charge on any atom is 0.220 e. The summed E-state index contributed by atoms with van der Waals surface area (Å²) in [5.74, 6) is 0.132. The lowest BCUT2D eigenvalue weighted by atomic mass is 10.1. The van der Waals surface area contributed by atoms with E-state index in [0.717, 1.165) is 18.6 Å². The van der Waals surface area contributed by atoms with Crippen LogP contribution in [-0.2, 0) is 11.2 Å². The molecule has 0 saturated carbocycles. The average Bonchev–Trinajstić information content (AvgIpc) is 2.64. The molecule has 0 bridgehead atoms. The number of benzene rings is 2. The molecule has 2 aromatic rings. The van der Waals surface area contributed by atoms with Crippen molar-refractivity contribution in [1.29, 1.82) is 0 Å². The first-order valence-electron chi connectivity index (χ1n) is 8.27. The van der Waals surface area contributed by atoms with Gasteiger partial charge in [-0.25, -0.2) is 4.39 Å². The zero-order valence-electron chi connectivity index (χ0n) is 14.3. The van der Waals surface area contributed by atoms with Crippen molar-refractivity contribution in [3.8, 4) is 5.75 Å². The second kappa shape index (κ2) is 9.57. The molecule has 0 aliphatic carbocycles. The summed E-state index contributed by atoms with van der Waals surface area (Å²) in [4.78, 5) is 23.7. The monoisotopic (exact) mass is 343 g/mol. The normalized spacial score (nSPS) is 10.3. The number of ketones is 1. The summed E-state index contributed by atoms with van der Waals surface area (Å²) in [5.41, 5.74) is 1.61. The average molecular weight is 343 g/mol. The fourth-order valence-electron chi connectivity index (χ4n) is 2.41. The molecule has 2 aromatic carbocycles. The highest BCUT2D eigenvalue weighted by molar-refractivity contribution is 5.97. The van der Waals surface area contributed by atoms with Crippen LogP contribution in [0.5, 0.6) is 5.75 Å². The van der Waals surface area contributed by atoms with Crippen molar-refractivity contribution in [2.75, 3.05) is 13.7 Å². The van der Waals surface area contributed by atoms with E-state index in [2.05, 4.69) is 5.32 Å². The van der Waals surface area contributed by atoms with Gasteiger partial charge in [-0.2, -0.15) is 0 Å². The minimum absolute atomic E-state index is 0.121. The number of rotatable bonds is 9. The first kappa shape index (κ1) is 18.6. The van der Waals surface area contributed by atoms with Crippen molar-refractivity contribution in [2.24, 2.45) is 0 Å². The van der Waals surface area contributed by atoms with Gasteiger partial charge in [-0.15, -0.1) is 0 Å². The molecule has 0 aliphatic rings. The maximum atomic E-state index is 12.8. The van der Waals surface area contributed by atoms with Gasteiger partial charge in [0.25, 0.3) is 0 Å². The molecule has 0 unspecified atom stereocenters. The molecular weight excluding hydrogens is 321 g/mol. The van der Waals surface area contributed by atoms with E-state index in [-0.39, 0.29) is 30.3 Å². The third kappa shape index (κ3) is 6.37. The second-order valence-corrected chi connectivity index (χ2v) is 5.73. The predicted molar refractivity (Wildman–Crippen MR) is 94.3 cm³/mol. The van der Waals surface area contributed by atoms with Crippen molar-refractivity contribution in [1.82, 2.24) is 5.32 Å². The Balaban J connectivity index is 1.63. The van der Waals surface area contributed by atoms with E-state index in [9.17, 15) is 14.0 Å². The smallest absolute Gasteiger partial charge is 0.220 e. The largest absolute Gasteiger partial charge is 0.497 e. The number of aryl methyl sites for hydroxylation is 1. The van der Waals surface area contributed by atoms with E-state index in [1.54, 1.807) is 7.11 Å². The molecule has 1 N–H and O–H groups in total. The van der Waals surface area contributed by atoms with Gasteiger partial charge >= 0.3 is 0 Å². The van der Waals surface area contributed by atoms with Crippen LogP contribution in [0.25, 0.3) is 0 Å². The fraction of sp³-hybridized carbons (Fsp3) is 0.300. The molecule has 132 valence electrons. The predicted octanol–water partition coefficient (Wildman–Crippen LogP) is 3.55. The molecule has 0 fully saturated rings. The van der Waals surface area contributed by atoms with E-state index < -0.39 is 0 Å². The number of hydrogen-bond acceptors (Lipinski definition) is 3. The molecule has 4 nitrogen and oxygen atoms in total. The summed E-state index contributed by atoms with van der Waals surface area (Å²) < 4.78 is 17.9. The van der Waals surface area contributed by atoms with Gasteiger partial charge in [0.1, 0.15) is 11.6 Å². The van der Waals surface area contributed by atoms with Gasteiger partial charge < -0.3 is 10.1 Å². The Kier molecular flexibility index (Phi) is 7.14. The molecule has 1 amide bonds. The third-order valence-electron chi connectivity index (χ3n) is 3.87. The molecule has 0 aliphatic heterocycles. The van der Waals surface area contributed by atoms with Crippen molar-refractivity contribution < 1.29 is 18.7 Å². The van der Waals surface area contributed by atoms with Crippen LogP contribution in [0.3, 0.4) is 0 Å². The molecule has 0 heterocycles. The van der Waals surface area contributed by atoms with Crippen LogP contribution in [-0.4, -0.2) is 25.3 Å². The summed E-state index contributed by atoms with van der Waals surface area (Å²) in [7, 11) is 1.63. The quantitative estimate of drug-likeness (QED) is 0.560. The first-order chi connectivity index (χ1) is 12.1. The number of ether oxygens (including phenoxy) is 1. The summed E-state index contributed by atoms with van der Waals surface area (Å²) in [6.45, 7) is 0.565. The fourth-order valence-corrected chi connectivity index (χ4v) is 2.41. The number of nitrogens with one attached hydrogen (secondary N) is 1. The zero-order chi connectivity index (χ0) is 18.1. The Morgan fingerprint density at radius 1 is 1.00 bits per heavy atom. The maximum absolute atomic E-state index is 12.8. The lowest BCUT2D eigenvalue weighted by Gasteiger charge is -2.06. The molecule has 0 spiro atoms. The Morgan fingerprint density at radius 3 is 2.32 bits per heavy atom. The highest BCUT2D eigenvalue weighted by atomic mass is 19.1. The molecule has 5 heteroatoms. The standard InChI is InChI=1S/C20H22FNO3/c1-25-18-10-4-15(5-11-18)3-2-14-22-20(24)13-12-19(23)16-6-8-17(21)9-7-16/h4-11H,2-3,12-14H2,1H3,(H,22,24). The SMILES string of the molecule is COc1ccc(CCCNC(=O)CCC(=O)c2ccc(F)cc2)cc1. The first-order valence-corrected chi connectivity index (χ1v) is 8.27. The van der Waals surface area contributed by atoms with Gasteiger partial charge in [-0.3, -0.25) is 9.59 Å². The minimum Gasteiger partial charge on any atom is -0.497 e. The summed E-state index contributed by atoms with van der Waals surface area (Å²) in [6.07, 6.45) is 1.94. The van der Waals surface area contributed by atoms with Gasteiger partial charge in [-0.1, -0.05) is 12.1 Å². The number of amides is 1. The summed E-state index contributed by atoms with van der Waals surface area (Å²) in [6, 6.07) is 13.2. The highest BCUT2D eigenvalue weighted by Gasteiger charge is 2.09. The van der Waals surface area contributed by atoms with Crippen LogP contribution in [0.15, 0.2) is 48.5 Å². The summed E-state index contributed by atoms with van der Waals surface area (Å²) in [5, 5.41) is 2.82. The third-order valence-corrected chi connectivity index (χ3v) is 3.87. The summed E-state index contributed by atoms with van der Waals surface area (Å²) >= 11 is 0. The van der Waals surface area contributed by atoms with Crippen LogP contribution in [0.4, 0.5) is 4.39 Å². The lowest BCUT2D eigenvalue weighted by Crippen LogP contribution is -2.25. The molecule has 0 atom stereocenters. The van der Waals surface area contributed by atoms with E-state index >= 15 is 0 Å². The van der Waals surface area contributed by atoms with Crippen LogP contribution in [0.2, 0.25) is 0 Å². The Morgan fingerprint density at radius 2 is 1.68 bits per heavy atom. The van der Waals surface area contributed by atoms with Gasteiger partial charge in [0.05, 0.1) is 7.11 Å². The molecule has 25 heavy (non-hydrogen) atoms. The van der Waals surface area contributed by atoms with E-state index in [0.29, 0.717) is 12.1 Å². The van der Waals surface area contributed by atoms with E-state index in [1.165, 1.54) is 29.8 Å². The molecule has 0 saturated heterocycles.